The van der Waals surface area contributed by atoms with Crippen LogP contribution in [0.4, 0.5) is 0 Å². The first kappa shape index (κ1) is 14.3. The quantitative estimate of drug-likeness (QED) is 0.589. The van der Waals surface area contributed by atoms with Crippen LogP contribution in [0.25, 0.3) is 0 Å². The molecule has 2 aromatic carbocycles. The summed E-state index contributed by atoms with van der Waals surface area (Å²) in [5.74, 6) is 0. The number of benzene rings is 2. The first-order valence-corrected chi connectivity index (χ1v) is 12.3. The van der Waals surface area contributed by atoms with Crippen LogP contribution in [-0.4, -0.2) is 14.9 Å². The molecule has 0 saturated carbocycles. The average Bonchev–Trinajstić information content (AvgIpc) is 2.39. The summed E-state index contributed by atoms with van der Waals surface area (Å²) in [4.78, 5) is 0. The summed E-state index contributed by atoms with van der Waals surface area (Å²) in [5, 5.41) is 2.76. The van der Waals surface area contributed by atoms with Crippen molar-refractivity contribution in [1.29, 1.82) is 0 Å². The highest BCUT2D eigenvalue weighted by Gasteiger charge is 2.23. The standard InChI is InChI=1S/C16H22NPSi/c1-18(17-19(2,3)4,15-11-7-5-8-12-15)16-13-9-6-10-14-16/h5-14H,1-4H3. The molecule has 0 N–H and O–H groups in total. The molecule has 0 aromatic heterocycles. The van der Waals surface area contributed by atoms with E-state index in [4.69, 9.17) is 4.41 Å². The smallest absolute Gasteiger partial charge is 0.171 e. The highest BCUT2D eigenvalue weighted by Crippen LogP contribution is 2.44. The Bertz CT molecular complexity index is 542. The number of nitrogens with zero attached hydrogens (tertiary/aromatic N) is 1. The molecule has 0 bridgehead atoms. The van der Waals surface area contributed by atoms with Gasteiger partial charge in [0.25, 0.3) is 0 Å². The van der Waals surface area contributed by atoms with E-state index in [0.29, 0.717) is 0 Å². The van der Waals surface area contributed by atoms with Gasteiger partial charge in [0.05, 0.1) is 0 Å². The summed E-state index contributed by atoms with van der Waals surface area (Å²) in [6.45, 7) is 9.29. The normalized spacial score (nSPS) is 12.2. The van der Waals surface area contributed by atoms with Gasteiger partial charge in [0.15, 0.2) is 8.24 Å². The van der Waals surface area contributed by atoms with Crippen LogP contribution in [0.1, 0.15) is 0 Å². The zero-order valence-corrected chi connectivity index (χ0v) is 14.1. The van der Waals surface area contributed by atoms with Gasteiger partial charge in [-0.2, -0.15) is 0 Å². The van der Waals surface area contributed by atoms with E-state index in [0.717, 1.165) is 0 Å². The third kappa shape index (κ3) is 3.46. The molecule has 0 aliphatic rings. The van der Waals surface area contributed by atoms with Gasteiger partial charge < -0.3 is 4.41 Å². The minimum absolute atomic E-state index is 1.38. The lowest BCUT2D eigenvalue weighted by Gasteiger charge is -2.26. The van der Waals surface area contributed by atoms with Gasteiger partial charge in [-0.15, -0.1) is 0 Å². The van der Waals surface area contributed by atoms with E-state index < -0.39 is 15.3 Å². The summed E-state index contributed by atoms with van der Waals surface area (Å²) in [6.07, 6.45) is 0. The lowest BCUT2D eigenvalue weighted by atomic mass is 10.4. The Morgan fingerprint density at radius 3 is 1.42 bits per heavy atom. The minimum Gasteiger partial charge on any atom is -0.329 e. The van der Waals surface area contributed by atoms with Crippen LogP contribution in [0.3, 0.4) is 0 Å². The Kier molecular flexibility index (Phi) is 4.12. The van der Waals surface area contributed by atoms with Crippen LogP contribution in [0.5, 0.6) is 0 Å². The van der Waals surface area contributed by atoms with Crippen molar-refractivity contribution in [2.45, 2.75) is 19.6 Å². The molecule has 0 aliphatic carbocycles. The van der Waals surface area contributed by atoms with Gasteiger partial charge in [-0.05, 0) is 17.3 Å². The molecule has 0 saturated heterocycles. The fourth-order valence-electron chi connectivity index (χ4n) is 2.30. The van der Waals surface area contributed by atoms with Crippen molar-refractivity contribution in [2.75, 3.05) is 6.66 Å². The van der Waals surface area contributed by atoms with Crippen molar-refractivity contribution in [3.63, 3.8) is 0 Å². The number of hydrogen-bond donors (Lipinski definition) is 0. The van der Waals surface area contributed by atoms with E-state index >= 15 is 0 Å². The molecule has 0 atom stereocenters. The van der Waals surface area contributed by atoms with Crippen LogP contribution < -0.4 is 10.6 Å². The van der Waals surface area contributed by atoms with Gasteiger partial charge in [-0.3, -0.25) is 0 Å². The molecular weight excluding hydrogens is 265 g/mol. The molecule has 0 fully saturated rings. The maximum Gasteiger partial charge on any atom is 0.171 e. The molecule has 0 radical (unpaired) electrons. The largest absolute Gasteiger partial charge is 0.329 e. The first-order chi connectivity index (χ1) is 8.92. The van der Waals surface area contributed by atoms with Gasteiger partial charge in [0.1, 0.15) is 0 Å². The van der Waals surface area contributed by atoms with E-state index in [-0.39, 0.29) is 0 Å². The number of rotatable bonds is 3. The average molecular weight is 287 g/mol. The molecule has 3 heteroatoms. The fourth-order valence-corrected chi connectivity index (χ4v) is 9.83. The van der Waals surface area contributed by atoms with E-state index in [1.165, 1.54) is 10.6 Å². The van der Waals surface area contributed by atoms with Crippen LogP contribution in [0.15, 0.2) is 65.1 Å². The summed E-state index contributed by atoms with van der Waals surface area (Å²) in [7, 11) is -3.09. The van der Waals surface area contributed by atoms with Crippen molar-refractivity contribution >= 4 is 25.9 Å². The second kappa shape index (κ2) is 5.48. The fraction of sp³-hybridized carbons (Fsp3) is 0.250. The molecule has 0 aliphatic heterocycles. The Labute approximate surface area is 117 Å². The Morgan fingerprint density at radius 2 is 1.11 bits per heavy atom. The second-order valence-electron chi connectivity index (χ2n) is 5.90. The number of hydrogen-bond acceptors (Lipinski definition) is 1. The predicted octanol–water partition coefficient (Wildman–Crippen LogP) is 4.30. The maximum absolute atomic E-state index is 5.33. The van der Waals surface area contributed by atoms with Crippen molar-refractivity contribution in [1.82, 2.24) is 0 Å². The minimum atomic E-state index is -1.61. The zero-order chi connectivity index (χ0) is 13.9. The maximum atomic E-state index is 5.33. The molecule has 0 amide bonds. The van der Waals surface area contributed by atoms with Crippen LogP contribution >= 0.6 is 7.05 Å². The van der Waals surface area contributed by atoms with Gasteiger partial charge in [-0.25, -0.2) is 0 Å². The predicted molar refractivity (Wildman–Crippen MR) is 90.8 cm³/mol. The third-order valence-corrected chi connectivity index (χ3v) is 9.63. The monoisotopic (exact) mass is 287 g/mol. The van der Waals surface area contributed by atoms with Crippen molar-refractivity contribution < 1.29 is 0 Å². The summed E-state index contributed by atoms with van der Waals surface area (Å²) in [5.41, 5.74) is 0. The summed E-state index contributed by atoms with van der Waals surface area (Å²) in [6, 6.07) is 21.5. The molecule has 1 nitrogen and oxygen atoms in total. The van der Waals surface area contributed by atoms with Crippen LogP contribution in [-0.2, 0) is 0 Å². The molecule has 19 heavy (non-hydrogen) atoms. The molecule has 2 aromatic rings. The van der Waals surface area contributed by atoms with Crippen LogP contribution in [0.2, 0.25) is 19.6 Å². The lowest BCUT2D eigenvalue weighted by molar-refractivity contribution is 1.58. The highest BCUT2D eigenvalue weighted by atomic mass is 31.2. The lowest BCUT2D eigenvalue weighted by Crippen LogP contribution is -2.22. The van der Waals surface area contributed by atoms with Gasteiger partial charge in [0, 0.05) is 7.05 Å². The van der Waals surface area contributed by atoms with Crippen LogP contribution in [0, 0.1) is 0 Å². The third-order valence-electron chi connectivity index (χ3n) is 3.02. The molecular formula is C16H22NPSi. The molecule has 0 spiro atoms. The summed E-state index contributed by atoms with van der Waals surface area (Å²) >= 11 is 0. The van der Waals surface area contributed by atoms with E-state index in [2.05, 4.69) is 87.0 Å². The van der Waals surface area contributed by atoms with E-state index in [9.17, 15) is 0 Å². The molecule has 100 valence electrons. The zero-order valence-electron chi connectivity index (χ0n) is 12.2. The summed E-state index contributed by atoms with van der Waals surface area (Å²) < 4.78 is 5.33. The van der Waals surface area contributed by atoms with Gasteiger partial charge >= 0.3 is 0 Å². The van der Waals surface area contributed by atoms with Crippen molar-refractivity contribution in [3.8, 4) is 0 Å². The Balaban J connectivity index is 2.69. The highest BCUT2D eigenvalue weighted by molar-refractivity contribution is 7.81. The first-order valence-electron chi connectivity index (χ1n) is 6.64. The SMILES string of the molecule is C[Si](C)(C)N=P(C)(c1ccccc1)c1ccccc1. The Morgan fingerprint density at radius 1 is 0.737 bits per heavy atom. The van der Waals surface area contributed by atoms with E-state index in [1.54, 1.807) is 0 Å². The second-order valence-corrected chi connectivity index (χ2v) is 14.0. The van der Waals surface area contributed by atoms with Crippen molar-refractivity contribution in [2.24, 2.45) is 4.41 Å². The molecule has 0 heterocycles. The van der Waals surface area contributed by atoms with Gasteiger partial charge in [-0.1, -0.05) is 80.3 Å². The van der Waals surface area contributed by atoms with Gasteiger partial charge in [0.2, 0.25) is 0 Å². The topological polar surface area (TPSA) is 12.4 Å². The van der Waals surface area contributed by atoms with E-state index in [1.807, 2.05) is 0 Å². The Hall–Kier alpha value is -1.11. The van der Waals surface area contributed by atoms with Crippen molar-refractivity contribution in [3.05, 3.63) is 60.7 Å². The molecule has 2 rings (SSSR count). The molecule has 0 unspecified atom stereocenters.